The van der Waals surface area contributed by atoms with Gasteiger partial charge in [-0.2, -0.15) is 0 Å². The molecule has 0 fully saturated rings. The summed E-state index contributed by atoms with van der Waals surface area (Å²) in [6.07, 6.45) is 2.85. The van der Waals surface area contributed by atoms with Crippen LogP contribution in [-0.4, -0.2) is 16.5 Å². The van der Waals surface area contributed by atoms with Crippen LogP contribution in [0.15, 0.2) is 44.9 Å². The fourth-order valence-corrected chi connectivity index (χ4v) is 2.82. The largest absolute Gasteiger partial charge is 0.354 e. The van der Waals surface area contributed by atoms with Gasteiger partial charge in [-0.25, -0.2) is 9.97 Å². The van der Waals surface area contributed by atoms with Gasteiger partial charge in [0.05, 0.1) is 4.47 Å². The number of aromatic nitrogens is 2. The van der Waals surface area contributed by atoms with E-state index >= 15 is 0 Å². The van der Waals surface area contributed by atoms with Gasteiger partial charge in [-0.1, -0.05) is 36.9 Å². The molecule has 0 radical (unpaired) electrons. The molecule has 2 rings (SSSR count). The van der Waals surface area contributed by atoms with Gasteiger partial charge in [0.2, 0.25) is 5.95 Å². The summed E-state index contributed by atoms with van der Waals surface area (Å²) in [7, 11) is 0. The number of aryl methyl sites for hydroxylation is 1. The van der Waals surface area contributed by atoms with E-state index in [0.717, 1.165) is 22.5 Å². The lowest BCUT2D eigenvalue weighted by Gasteiger charge is -2.08. The van der Waals surface area contributed by atoms with Crippen LogP contribution in [0.1, 0.15) is 18.9 Å². The van der Waals surface area contributed by atoms with Crippen LogP contribution in [0.3, 0.4) is 0 Å². The first kappa shape index (κ1) is 14.3. The molecule has 0 saturated heterocycles. The number of nitrogens with one attached hydrogen (secondary N) is 1. The van der Waals surface area contributed by atoms with Gasteiger partial charge in [0.25, 0.3) is 0 Å². The molecule has 0 aliphatic heterocycles. The van der Waals surface area contributed by atoms with Crippen molar-refractivity contribution < 1.29 is 0 Å². The van der Waals surface area contributed by atoms with Gasteiger partial charge >= 0.3 is 0 Å². The van der Waals surface area contributed by atoms with E-state index in [4.69, 9.17) is 0 Å². The molecule has 100 valence electrons. The monoisotopic (exact) mass is 337 g/mol. The van der Waals surface area contributed by atoms with Gasteiger partial charge in [-0.05, 0) is 40.9 Å². The molecule has 2 aromatic rings. The summed E-state index contributed by atoms with van der Waals surface area (Å²) in [6, 6.07) is 8.30. The molecule has 0 atom stereocenters. The summed E-state index contributed by atoms with van der Waals surface area (Å²) in [6.45, 7) is 5.11. The van der Waals surface area contributed by atoms with Crippen LogP contribution in [-0.2, 0) is 0 Å². The van der Waals surface area contributed by atoms with E-state index in [1.807, 2.05) is 12.1 Å². The van der Waals surface area contributed by atoms with Gasteiger partial charge in [0.15, 0.2) is 0 Å². The predicted molar refractivity (Wildman–Crippen MR) is 83.8 cm³/mol. The lowest BCUT2D eigenvalue weighted by Crippen LogP contribution is -2.04. The van der Waals surface area contributed by atoms with E-state index in [0.29, 0.717) is 5.95 Å². The molecule has 0 bridgehead atoms. The second-order valence-electron chi connectivity index (χ2n) is 4.14. The Hall–Kier alpha value is -1.07. The molecule has 0 unspecified atom stereocenters. The molecular weight excluding hydrogens is 322 g/mol. The van der Waals surface area contributed by atoms with E-state index < -0.39 is 0 Å². The maximum absolute atomic E-state index is 4.54. The fourth-order valence-electron chi connectivity index (χ4n) is 1.52. The summed E-state index contributed by atoms with van der Waals surface area (Å²) < 4.78 is 0.919. The molecule has 0 amide bonds. The number of anilines is 1. The third-order valence-electron chi connectivity index (χ3n) is 2.55. The number of nitrogens with zero attached hydrogens (tertiary/aromatic N) is 2. The van der Waals surface area contributed by atoms with E-state index in [-0.39, 0.29) is 0 Å². The number of benzene rings is 1. The molecule has 3 nitrogen and oxygen atoms in total. The molecule has 0 spiro atoms. The van der Waals surface area contributed by atoms with Crippen molar-refractivity contribution in [3.05, 3.63) is 40.5 Å². The molecule has 0 saturated carbocycles. The van der Waals surface area contributed by atoms with Crippen molar-refractivity contribution in [1.29, 1.82) is 0 Å². The first-order chi connectivity index (χ1) is 9.20. The van der Waals surface area contributed by atoms with E-state index in [1.54, 1.807) is 18.0 Å². The Bertz CT molecular complexity index is 560. The second kappa shape index (κ2) is 6.91. The van der Waals surface area contributed by atoms with Crippen molar-refractivity contribution >= 4 is 33.6 Å². The summed E-state index contributed by atoms with van der Waals surface area (Å²) in [5, 5.41) is 4.14. The second-order valence-corrected chi connectivity index (χ2v) is 6.03. The highest BCUT2D eigenvalue weighted by Crippen LogP contribution is 2.33. The van der Waals surface area contributed by atoms with Gasteiger partial charge in [0.1, 0.15) is 5.03 Å². The Morgan fingerprint density at radius 2 is 2.11 bits per heavy atom. The van der Waals surface area contributed by atoms with Crippen LogP contribution in [0.4, 0.5) is 5.95 Å². The van der Waals surface area contributed by atoms with Crippen molar-refractivity contribution in [2.24, 2.45) is 0 Å². The number of halogens is 1. The van der Waals surface area contributed by atoms with Crippen LogP contribution in [0.2, 0.25) is 0 Å². The van der Waals surface area contributed by atoms with Crippen molar-refractivity contribution in [1.82, 2.24) is 9.97 Å². The van der Waals surface area contributed by atoms with Crippen molar-refractivity contribution in [3.63, 3.8) is 0 Å². The normalized spacial score (nSPS) is 10.5. The minimum absolute atomic E-state index is 0.682. The van der Waals surface area contributed by atoms with Gasteiger partial charge in [0, 0.05) is 17.6 Å². The highest BCUT2D eigenvalue weighted by atomic mass is 79.9. The number of rotatable bonds is 5. The standard InChI is InChI=1S/C14H16BrN3S/c1-3-8-16-14-17-9-11(15)13(18-14)19-12-7-5-4-6-10(12)2/h4-7,9H,3,8H2,1-2H3,(H,16,17,18). The Kier molecular flexibility index (Phi) is 5.22. The molecule has 1 aromatic heterocycles. The maximum atomic E-state index is 4.54. The topological polar surface area (TPSA) is 37.8 Å². The summed E-state index contributed by atoms with van der Waals surface area (Å²) in [5.41, 5.74) is 1.25. The third kappa shape index (κ3) is 3.94. The van der Waals surface area contributed by atoms with E-state index in [1.165, 1.54) is 10.5 Å². The van der Waals surface area contributed by atoms with Crippen molar-refractivity contribution in [3.8, 4) is 0 Å². The fraction of sp³-hybridized carbons (Fsp3) is 0.286. The Labute approximate surface area is 126 Å². The highest BCUT2D eigenvalue weighted by molar-refractivity contribution is 9.10. The van der Waals surface area contributed by atoms with Crippen molar-refractivity contribution in [2.75, 3.05) is 11.9 Å². The maximum Gasteiger partial charge on any atom is 0.223 e. The number of hydrogen-bond acceptors (Lipinski definition) is 4. The van der Waals surface area contributed by atoms with Crippen LogP contribution >= 0.6 is 27.7 Å². The lowest BCUT2D eigenvalue weighted by atomic mass is 10.2. The van der Waals surface area contributed by atoms with Gasteiger partial charge in [-0.15, -0.1) is 0 Å². The Morgan fingerprint density at radius 3 is 2.84 bits per heavy atom. The zero-order valence-electron chi connectivity index (χ0n) is 11.0. The molecule has 5 heteroatoms. The molecule has 0 aliphatic rings. The third-order valence-corrected chi connectivity index (χ3v) is 4.57. The van der Waals surface area contributed by atoms with Gasteiger partial charge < -0.3 is 5.32 Å². The molecule has 1 N–H and O–H groups in total. The average molecular weight is 338 g/mol. The van der Waals surface area contributed by atoms with Gasteiger partial charge in [-0.3, -0.25) is 0 Å². The molecular formula is C14H16BrN3S. The minimum atomic E-state index is 0.682. The molecule has 19 heavy (non-hydrogen) atoms. The predicted octanol–water partition coefficient (Wildman–Crippen LogP) is 4.52. The highest BCUT2D eigenvalue weighted by Gasteiger charge is 2.08. The SMILES string of the molecule is CCCNc1ncc(Br)c(Sc2ccccc2C)n1. The smallest absolute Gasteiger partial charge is 0.223 e. The van der Waals surface area contributed by atoms with E-state index in [9.17, 15) is 0 Å². The molecule has 1 aromatic carbocycles. The molecule has 1 heterocycles. The summed E-state index contributed by atoms with van der Waals surface area (Å²) in [4.78, 5) is 10.0. The Morgan fingerprint density at radius 1 is 1.32 bits per heavy atom. The lowest BCUT2D eigenvalue weighted by molar-refractivity contribution is 0.930. The zero-order valence-corrected chi connectivity index (χ0v) is 13.4. The van der Waals surface area contributed by atoms with Crippen LogP contribution in [0.25, 0.3) is 0 Å². The van der Waals surface area contributed by atoms with Crippen molar-refractivity contribution in [2.45, 2.75) is 30.2 Å². The Balaban J connectivity index is 2.21. The molecule has 0 aliphatic carbocycles. The first-order valence-corrected chi connectivity index (χ1v) is 7.81. The summed E-state index contributed by atoms with van der Waals surface area (Å²) in [5.74, 6) is 0.682. The van der Waals surface area contributed by atoms with E-state index in [2.05, 4.69) is 57.2 Å². The van der Waals surface area contributed by atoms with Crippen LogP contribution in [0, 0.1) is 6.92 Å². The first-order valence-electron chi connectivity index (χ1n) is 6.20. The quantitative estimate of drug-likeness (QED) is 0.814. The van der Waals surface area contributed by atoms with Crippen LogP contribution in [0.5, 0.6) is 0 Å². The zero-order chi connectivity index (χ0) is 13.7. The minimum Gasteiger partial charge on any atom is -0.354 e. The summed E-state index contributed by atoms with van der Waals surface area (Å²) >= 11 is 5.16. The number of hydrogen-bond donors (Lipinski definition) is 1. The average Bonchev–Trinajstić information content (AvgIpc) is 2.42. The van der Waals surface area contributed by atoms with Crippen LogP contribution < -0.4 is 5.32 Å².